The second-order valence-electron chi connectivity index (χ2n) is 17.2. The smallest absolute Gasteiger partial charge is 0.180 e. The van der Waals surface area contributed by atoms with E-state index in [0.717, 1.165) is 18.2 Å². The van der Waals surface area contributed by atoms with E-state index in [1.165, 1.54) is 55.9 Å². The van der Waals surface area contributed by atoms with Gasteiger partial charge in [-0.15, -0.1) is 0 Å². The molecule has 0 aromatic heterocycles. The van der Waals surface area contributed by atoms with Gasteiger partial charge in [-0.25, -0.2) is 0 Å². The van der Waals surface area contributed by atoms with Crippen LogP contribution in [0.15, 0.2) is 84.9 Å². The Kier molecular flexibility index (Phi) is 8.83. The van der Waals surface area contributed by atoms with Crippen LogP contribution < -0.4 is 9.80 Å². The van der Waals surface area contributed by atoms with Crippen molar-refractivity contribution in [1.82, 2.24) is 0 Å². The predicted octanol–water partition coefficient (Wildman–Crippen LogP) is 11.8. The Labute approximate surface area is 284 Å². The molecule has 0 amide bonds. The first-order chi connectivity index (χ1) is 21.2. The van der Waals surface area contributed by atoms with Gasteiger partial charge in [-0.2, -0.15) is 0 Å². The molecule has 0 unspecified atom stereocenters. The van der Waals surface area contributed by atoms with Crippen LogP contribution in [0.1, 0.15) is 105 Å². The number of anilines is 2. The van der Waals surface area contributed by atoms with Gasteiger partial charge in [0.15, 0.2) is 5.11 Å². The van der Waals surface area contributed by atoms with Gasteiger partial charge in [0.1, 0.15) is 0 Å². The first kappa shape index (κ1) is 33.9. The molecule has 0 spiro atoms. The molecule has 4 aromatic rings. The number of benzene rings is 4. The number of nitrogens with zero attached hydrogens (tertiary/aromatic N) is 2. The van der Waals surface area contributed by atoms with Gasteiger partial charge in [0.2, 0.25) is 0 Å². The van der Waals surface area contributed by atoms with Crippen LogP contribution in [0.2, 0.25) is 0 Å². The molecule has 0 N–H and O–H groups in total. The van der Waals surface area contributed by atoms with E-state index in [1.807, 2.05) is 0 Å². The van der Waals surface area contributed by atoms with Crippen molar-refractivity contribution in [3.05, 3.63) is 107 Å². The molecule has 1 saturated heterocycles. The molecular weight excluding hydrogens is 577 g/mol. The summed E-state index contributed by atoms with van der Waals surface area (Å²) in [6.45, 7) is 29.0. The van der Waals surface area contributed by atoms with Crippen molar-refractivity contribution >= 4 is 28.7 Å². The van der Waals surface area contributed by atoms with E-state index in [1.54, 1.807) is 0 Å². The van der Waals surface area contributed by atoms with Gasteiger partial charge in [-0.1, -0.05) is 156 Å². The lowest BCUT2D eigenvalue weighted by Crippen LogP contribution is -2.32. The molecule has 1 heterocycles. The third-order valence-corrected chi connectivity index (χ3v) is 9.88. The molecule has 3 heteroatoms. The van der Waals surface area contributed by atoms with Gasteiger partial charge in [0, 0.05) is 24.2 Å². The molecule has 0 aliphatic carbocycles. The molecule has 46 heavy (non-hydrogen) atoms. The maximum atomic E-state index is 6.41. The number of thiocarbonyl (C=S) groups is 1. The topological polar surface area (TPSA) is 6.48 Å². The summed E-state index contributed by atoms with van der Waals surface area (Å²) >= 11 is 6.41. The first-order valence-corrected chi connectivity index (χ1v) is 17.3. The highest BCUT2D eigenvalue weighted by Crippen LogP contribution is 2.41. The van der Waals surface area contributed by atoms with Gasteiger partial charge >= 0.3 is 0 Å². The van der Waals surface area contributed by atoms with Crippen molar-refractivity contribution < 1.29 is 0 Å². The minimum atomic E-state index is 0.0256. The highest BCUT2D eigenvalue weighted by atomic mass is 32.1. The molecule has 0 atom stereocenters. The maximum absolute atomic E-state index is 6.41. The molecule has 1 aliphatic heterocycles. The number of hydrogen-bond acceptors (Lipinski definition) is 1. The van der Waals surface area contributed by atoms with Crippen LogP contribution in [-0.2, 0) is 21.7 Å². The van der Waals surface area contributed by atoms with Crippen molar-refractivity contribution in [2.24, 2.45) is 0 Å². The Morgan fingerprint density at radius 3 is 0.978 bits per heavy atom. The number of hydrogen-bond donors (Lipinski definition) is 0. The van der Waals surface area contributed by atoms with Crippen LogP contribution in [0.5, 0.6) is 0 Å². The maximum Gasteiger partial charge on any atom is 0.180 e. The fourth-order valence-electron chi connectivity index (χ4n) is 6.21. The Bertz CT molecular complexity index is 1590. The van der Waals surface area contributed by atoms with E-state index in [2.05, 4.69) is 178 Å². The van der Waals surface area contributed by atoms with Crippen LogP contribution in [0.4, 0.5) is 11.4 Å². The Morgan fingerprint density at radius 2 is 0.696 bits per heavy atom. The van der Waals surface area contributed by atoms with E-state index in [4.69, 9.17) is 12.2 Å². The largest absolute Gasteiger partial charge is 0.316 e. The molecule has 1 fully saturated rings. The fraction of sp³-hybridized carbons (Fsp3) is 0.419. The fourth-order valence-corrected chi connectivity index (χ4v) is 6.59. The molecule has 1 aliphatic rings. The quantitative estimate of drug-likeness (QED) is 0.207. The molecule has 0 saturated carbocycles. The normalized spacial score (nSPS) is 14.7. The van der Waals surface area contributed by atoms with E-state index < -0.39 is 0 Å². The summed E-state index contributed by atoms with van der Waals surface area (Å²) in [7, 11) is 0. The molecule has 5 rings (SSSR count). The standard InChI is InChI=1S/C43H54N2S/c1-40(2,3)31-17-13-29(14-18-31)35-23-21-33(42(7,8)9)27-37(35)44-25-26-45(39(44)46)38-28-34(43(10,11)12)22-24-36(38)30-15-19-32(20-16-30)41(4,5)6/h13-24,27-28H,25-26H2,1-12H3. The van der Waals surface area contributed by atoms with Crippen LogP contribution in [0, 0.1) is 0 Å². The summed E-state index contributed by atoms with van der Waals surface area (Å²) in [5, 5.41) is 0.859. The van der Waals surface area contributed by atoms with Crippen molar-refractivity contribution in [3.63, 3.8) is 0 Å². The summed E-state index contributed by atoms with van der Waals surface area (Å²) < 4.78 is 0. The van der Waals surface area contributed by atoms with Crippen LogP contribution in [0.25, 0.3) is 22.3 Å². The zero-order chi connectivity index (χ0) is 33.8. The summed E-state index contributed by atoms with van der Waals surface area (Å²) in [6, 6.07) is 32.2. The molecule has 0 bridgehead atoms. The SMILES string of the molecule is CC(C)(C)c1ccc(-c2ccc(C(C)(C)C)cc2N2CCN(c3cc(C(C)(C)C)ccc3-c3ccc(C(C)(C)C)cc3)C2=S)cc1. The number of rotatable bonds is 4. The lowest BCUT2D eigenvalue weighted by molar-refractivity contribution is 0.590. The molecular formula is C43H54N2S. The summed E-state index contributed by atoms with van der Waals surface area (Å²) in [5.74, 6) is 0. The molecule has 2 nitrogen and oxygen atoms in total. The minimum absolute atomic E-state index is 0.0256. The molecule has 0 radical (unpaired) electrons. The van der Waals surface area contributed by atoms with Crippen molar-refractivity contribution in [1.29, 1.82) is 0 Å². The summed E-state index contributed by atoms with van der Waals surface area (Å²) in [4.78, 5) is 4.74. The highest BCUT2D eigenvalue weighted by molar-refractivity contribution is 7.80. The van der Waals surface area contributed by atoms with Crippen molar-refractivity contribution in [2.75, 3.05) is 22.9 Å². The van der Waals surface area contributed by atoms with E-state index >= 15 is 0 Å². The van der Waals surface area contributed by atoms with Gasteiger partial charge in [0.05, 0.1) is 11.4 Å². The van der Waals surface area contributed by atoms with Crippen molar-refractivity contribution in [3.8, 4) is 22.3 Å². The zero-order valence-electron chi connectivity index (χ0n) is 30.3. The lowest BCUT2D eigenvalue weighted by Gasteiger charge is -2.29. The highest BCUT2D eigenvalue weighted by Gasteiger charge is 2.32. The van der Waals surface area contributed by atoms with Gasteiger partial charge < -0.3 is 9.80 Å². The molecule has 242 valence electrons. The third kappa shape index (κ3) is 6.95. The average Bonchev–Trinajstić information content (AvgIpc) is 3.35. The Hall–Kier alpha value is -3.43. The van der Waals surface area contributed by atoms with Crippen LogP contribution in [-0.4, -0.2) is 18.2 Å². The first-order valence-electron chi connectivity index (χ1n) is 16.8. The second-order valence-corrected chi connectivity index (χ2v) is 17.6. The summed E-state index contributed by atoms with van der Waals surface area (Å²) in [5.41, 5.74) is 12.8. The van der Waals surface area contributed by atoms with E-state index in [9.17, 15) is 0 Å². The molecule has 4 aromatic carbocycles. The van der Waals surface area contributed by atoms with Crippen molar-refractivity contribution in [2.45, 2.75) is 105 Å². The minimum Gasteiger partial charge on any atom is -0.316 e. The Morgan fingerprint density at radius 1 is 0.413 bits per heavy atom. The Balaban J connectivity index is 1.60. The predicted molar refractivity (Wildman–Crippen MR) is 206 cm³/mol. The second kappa shape index (κ2) is 12.0. The average molecular weight is 631 g/mol. The van der Waals surface area contributed by atoms with Crippen LogP contribution in [0.3, 0.4) is 0 Å². The zero-order valence-corrected chi connectivity index (χ0v) is 31.1. The monoisotopic (exact) mass is 630 g/mol. The van der Waals surface area contributed by atoms with E-state index in [-0.39, 0.29) is 21.7 Å². The van der Waals surface area contributed by atoms with Gasteiger partial charge in [-0.05, 0) is 79.4 Å². The van der Waals surface area contributed by atoms with E-state index in [0.29, 0.717) is 0 Å². The third-order valence-electron chi connectivity index (χ3n) is 9.44. The van der Waals surface area contributed by atoms with Crippen LogP contribution >= 0.6 is 12.2 Å². The summed E-state index contributed by atoms with van der Waals surface area (Å²) in [6.07, 6.45) is 0. The lowest BCUT2D eigenvalue weighted by atomic mass is 9.84. The van der Waals surface area contributed by atoms with Gasteiger partial charge in [0.25, 0.3) is 0 Å². The van der Waals surface area contributed by atoms with Gasteiger partial charge in [-0.3, -0.25) is 0 Å².